The summed E-state index contributed by atoms with van der Waals surface area (Å²) >= 11 is 0. The van der Waals surface area contributed by atoms with Crippen molar-refractivity contribution < 1.29 is 14.7 Å². The molecule has 1 aromatic carbocycles. The second-order valence-electron chi connectivity index (χ2n) is 4.42. The van der Waals surface area contributed by atoms with Gasteiger partial charge in [0.05, 0.1) is 29.2 Å². The predicted molar refractivity (Wildman–Crippen MR) is 64.6 cm³/mol. The molecule has 0 atom stereocenters. The van der Waals surface area contributed by atoms with Gasteiger partial charge in [0.15, 0.2) is 0 Å². The van der Waals surface area contributed by atoms with Gasteiger partial charge in [-0.3, -0.25) is 13.9 Å². The molecule has 0 unspecified atom stereocenters. The number of hydrogen-bond acceptors (Lipinski definition) is 4. The number of carbonyl (C=O) groups excluding carboxylic acids is 2. The Labute approximate surface area is 107 Å². The number of carboxylic acids is 1. The number of imidazole rings is 1. The molecule has 0 radical (unpaired) electrons. The Morgan fingerprint density at radius 1 is 1.37 bits per heavy atom. The number of aromatic nitrogens is 2. The van der Waals surface area contributed by atoms with Crippen LogP contribution in [0.25, 0.3) is 11.0 Å². The summed E-state index contributed by atoms with van der Waals surface area (Å²) in [5.41, 5.74) is 1.16. The van der Waals surface area contributed by atoms with Gasteiger partial charge < -0.3 is 14.8 Å². The predicted octanol–water partition coefficient (Wildman–Crippen LogP) is -1.47. The molecule has 1 amide bonds. The van der Waals surface area contributed by atoms with E-state index >= 15 is 0 Å². The summed E-state index contributed by atoms with van der Waals surface area (Å²) < 4.78 is 2.41. The van der Waals surface area contributed by atoms with Gasteiger partial charge in [-0.15, -0.1) is 0 Å². The molecular formula is C12H10N3O4-. The first kappa shape index (κ1) is 11.5. The van der Waals surface area contributed by atoms with E-state index in [1.54, 1.807) is 25.2 Å². The summed E-state index contributed by atoms with van der Waals surface area (Å²) in [4.78, 5) is 36.2. The van der Waals surface area contributed by atoms with Crippen molar-refractivity contribution in [3.63, 3.8) is 0 Å². The quantitative estimate of drug-likeness (QED) is 0.659. The van der Waals surface area contributed by atoms with E-state index in [1.807, 2.05) is 0 Å². The highest BCUT2D eigenvalue weighted by atomic mass is 16.4. The maximum absolute atomic E-state index is 12.2. The summed E-state index contributed by atoms with van der Waals surface area (Å²) in [6.07, 6.45) is 0. The van der Waals surface area contributed by atoms with Crippen molar-refractivity contribution >= 4 is 28.6 Å². The van der Waals surface area contributed by atoms with Crippen LogP contribution in [0.15, 0.2) is 23.0 Å². The number of carboxylic acid groups (broad SMARTS) is 1. The molecular weight excluding hydrogens is 250 g/mol. The van der Waals surface area contributed by atoms with Gasteiger partial charge in [-0.1, -0.05) is 6.07 Å². The molecule has 2 heterocycles. The van der Waals surface area contributed by atoms with Gasteiger partial charge in [-0.05, 0) is 12.1 Å². The van der Waals surface area contributed by atoms with E-state index in [-0.39, 0.29) is 12.5 Å². The minimum absolute atomic E-state index is 0.0805. The van der Waals surface area contributed by atoms with Crippen LogP contribution >= 0.6 is 0 Å². The normalized spacial score (nSPS) is 14.2. The number of benzene rings is 1. The largest absolute Gasteiger partial charge is 0.548 e. The number of nitrogens with zero attached hydrogens (tertiary/aromatic N) is 3. The van der Waals surface area contributed by atoms with Gasteiger partial charge in [0, 0.05) is 7.05 Å². The molecule has 0 aliphatic carbocycles. The van der Waals surface area contributed by atoms with Crippen molar-refractivity contribution in [2.45, 2.75) is 13.1 Å². The molecule has 0 saturated carbocycles. The highest BCUT2D eigenvalue weighted by molar-refractivity contribution is 6.04. The number of likely N-dealkylation sites (N-methyl/N-ethyl adjacent to an activating group) is 1. The minimum Gasteiger partial charge on any atom is -0.548 e. The number of amides is 1. The zero-order valence-electron chi connectivity index (χ0n) is 10.1. The number of para-hydroxylation sites is 1. The molecule has 1 aromatic heterocycles. The van der Waals surface area contributed by atoms with Crippen LogP contribution in [0.3, 0.4) is 0 Å². The van der Waals surface area contributed by atoms with Crippen LogP contribution in [0.5, 0.6) is 0 Å². The molecule has 0 saturated heterocycles. The third-order valence-electron chi connectivity index (χ3n) is 3.33. The number of hydrogen-bond donors (Lipinski definition) is 0. The topological polar surface area (TPSA) is 87.4 Å². The first-order valence-electron chi connectivity index (χ1n) is 5.69. The van der Waals surface area contributed by atoms with Crippen molar-refractivity contribution in [1.82, 2.24) is 9.13 Å². The Kier molecular flexibility index (Phi) is 2.25. The van der Waals surface area contributed by atoms with E-state index in [1.165, 1.54) is 9.47 Å². The van der Waals surface area contributed by atoms with Gasteiger partial charge in [-0.25, -0.2) is 4.79 Å². The number of carbonyl (C=O) groups is 2. The fourth-order valence-corrected chi connectivity index (χ4v) is 2.43. The van der Waals surface area contributed by atoms with Crippen LogP contribution < -0.4 is 15.7 Å². The highest BCUT2D eigenvalue weighted by Gasteiger charge is 2.26. The lowest BCUT2D eigenvalue weighted by Crippen LogP contribution is -2.39. The van der Waals surface area contributed by atoms with Crippen LogP contribution in [0.1, 0.15) is 0 Å². The minimum atomic E-state index is -1.34. The van der Waals surface area contributed by atoms with Crippen molar-refractivity contribution in [1.29, 1.82) is 0 Å². The number of rotatable bonds is 2. The monoisotopic (exact) mass is 260 g/mol. The summed E-state index contributed by atoms with van der Waals surface area (Å²) in [7, 11) is 1.63. The Balaban J connectivity index is 2.40. The lowest BCUT2D eigenvalue weighted by atomic mass is 10.2. The zero-order chi connectivity index (χ0) is 13.7. The molecule has 98 valence electrons. The van der Waals surface area contributed by atoms with Gasteiger partial charge in [0.2, 0.25) is 5.91 Å². The number of anilines is 1. The first-order valence-corrected chi connectivity index (χ1v) is 5.69. The fraction of sp³-hybridized carbons (Fsp3) is 0.250. The summed E-state index contributed by atoms with van der Waals surface area (Å²) in [6.45, 7) is -0.605. The molecule has 19 heavy (non-hydrogen) atoms. The number of aliphatic carboxylic acids is 1. The molecule has 7 heteroatoms. The Morgan fingerprint density at radius 2 is 2.11 bits per heavy atom. The Bertz CT molecular complexity index is 771. The molecule has 1 aliphatic rings. The van der Waals surface area contributed by atoms with Crippen LogP contribution in [-0.2, 0) is 22.7 Å². The van der Waals surface area contributed by atoms with Gasteiger partial charge in [0.25, 0.3) is 0 Å². The van der Waals surface area contributed by atoms with Crippen LogP contribution in [0, 0.1) is 0 Å². The summed E-state index contributed by atoms with van der Waals surface area (Å²) in [5, 5.41) is 10.7. The molecule has 0 bridgehead atoms. The van der Waals surface area contributed by atoms with E-state index in [0.29, 0.717) is 16.7 Å². The van der Waals surface area contributed by atoms with Crippen LogP contribution in [0.2, 0.25) is 0 Å². The molecule has 0 spiro atoms. The fourth-order valence-electron chi connectivity index (χ4n) is 2.43. The van der Waals surface area contributed by atoms with E-state index < -0.39 is 18.2 Å². The van der Waals surface area contributed by atoms with E-state index in [2.05, 4.69) is 0 Å². The molecule has 2 aromatic rings. The Morgan fingerprint density at radius 3 is 2.79 bits per heavy atom. The van der Waals surface area contributed by atoms with E-state index in [9.17, 15) is 19.5 Å². The molecule has 7 nitrogen and oxygen atoms in total. The average molecular weight is 260 g/mol. The van der Waals surface area contributed by atoms with Crippen molar-refractivity contribution in [3.05, 3.63) is 28.7 Å². The van der Waals surface area contributed by atoms with Crippen LogP contribution in [-0.4, -0.2) is 28.1 Å². The first-order chi connectivity index (χ1) is 9.00. The molecule has 1 aliphatic heterocycles. The average Bonchev–Trinajstić information content (AvgIpc) is 2.62. The maximum Gasteiger partial charge on any atom is 0.330 e. The molecule has 3 rings (SSSR count). The summed E-state index contributed by atoms with van der Waals surface area (Å²) in [5.74, 6) is -1.56. The SMILES string of the molecule is CN1C(=O)Cn2c(=O)n(CC(=O)[O-])c3cccc1c32. The van der Waals surface area contributed by atoms with Crippen molar-refractivity contribution in [2.24, 2.45) is 0 Å². The molecule has 0 N–H and O–H groups in total. The Hall–Kier alpha value is -2.57. The van der Waals surface area contributed by atoms with E-state index in [4.69, 9.17) is 0 Å². The van der Waals surface area contributed by atoms with Crippen molar-refractivity contribution in [2.75, 3.05) is 11.9 Å². The van der Waals surface area contributed by atoms with Gasteiger partial charge in [0.1, 0.15) is 6.54 Å². The van der Waals surface area contributed by atoms with Crippen LogP contribution in [0.4, 0.5) is 5.69 Å². The smallest absolute Gasteiger partial charge is 0.330 e. The van der Waals surface area contributed by atoms with E-state index in [0.717, 1.165) is 4.57 Å². The third kappa shape index (κ3) is 1.48. The van der Waals surface area contributed by atoms with Gasteiger partial charge >= 0.3 is 5.69 Å². The standard InChI is InChI=1S/C12H11N3O4/c1-13-7-3-2-4-8-11(7)15(5-9(13)16)12(19)14(8)6-10(17)18/h2-4H,5-6H2,1H3,(H,17,18)/p-1. The van der Waals surface area contributed by atoms with Gasteiger partial charge in [-0.2, -0.15) is 0 Å². The highest BCUT2D eigenvalue weighted by Crippen LogP contribution is 2.28. The zero-order valence-corrected chi connectivity index (χ0v) is 10.1. The lowest BCUT2D eigenvalue weighted by molar-refractivity contribution is -0.306. The second-order valence-corrected chi connectivity index (χ2v) is 4.42. The lowest BCUT2D eigenvalue weighted by Gasteiger charge is -2.23. The third-order valence-corrected chi connectivity index (χ3v) is 3.33. The van der Waals surface area contributed by atoms with Crippen molar-refractivity contribution in [3.8, 4) is 0 Å². The molecule has 0 fully saturated rings. The second kappa shape index (κ2) is 3.71. The summed E-state index contributed by atoms with van der Waals surface area (Å²) in [6, 6.07) is 5.06. The maximum atomic E-state index is 12.2.